The summed E-state index contributed by atoms with van der Waals surface area (Å²) in [6.45, 7) is 1.25. The number of nitrogens with one attached hydrogen (secondary N) is 1. The molecule has 8 heteroatoms. The second kappa shape index (κ2) is 8.69. The molecule has 0 aromatic heterocycles. The van der Waals surface area contributed by atoms with Gasteiger partial charge in [-0.15, -0.1) is 0 Å². The molecular weight excluding hydrogens is 381 g/mol. The lowest BCUT2D eigenvalue weighted by Crippen LogP contribution is -2.21. The van der Waals surface area contributed by atoms with Crippen LogP contribution in [-0.4, -0.2) is 31.6 Å². The van der Waals surface area contributed by atoms with Crippen molar-refractivity contribution in [1.29, 1.82) is 0 Å². The first kappa shape index (κ1) is 19.8. The molecule has 1 N–H and O–H groups in total. The summed E-state index contributed by atoms with van der Waals surface area (Å²) in [7, 11) is 1.26. The minimum atomic E-state index is -0.710. The molecule has 1 amide bonds. The zero-order chi connectivity index (χ0) is 19.3. The molecule has 0 radical (unpaired) electrons. The average molecular weight is 396 g/mol. The van der Waals surface area contributed by atoms with Crippen LogP contribution in [0.3, 0.4) is 0 Å². The van der Waals surface area contributed by atoms with Crippen LogP contribution in [-0.2, 0) is 14.3 Å². The van der Waals surface area contributed by atoms with Gasteiger partial charge in [-0.25, -0.2) is 9.59 Å². The number of ether oxygens (including phenoxy) is 2. The Kier molecular flexibility index (Phi) is 6.60. The van der Waals surface area contributed by atoms with Crippen molar-refractivity contribution in [3.8, 4) is 0 Å². The Hall–Kier alpha value is -2.57. The van der Waals surface area contributed by atoms with E-state index in [2.05, 4.69) is 10.1 Å². The van der Waals surface area contributed by atoms with Gasteiger partial charge in [0.05, 0.1) is 34.0 Å². The van der Waals surface area contributed by atoms with Crippen molar-refractivity contribution in [2.75, 3.05) is 19.0 Å². The standard InChI is InChI=1S/C18H15Cl2NO5/c1-10-3-8-13(19)16(15(10)20)21-14(22)9-26-18(24)12-6-4-11(5-7-12)17(23)25-2/h3-8H,9H2,1-2H3,(H,21,22). The highest BCUT2D eigenvalue weighted by Gasteiger charge is 2.15. The maximum atomic E-state index is 12.0. The summed E-state index contributed by atoms with van der Waals surface area (Å²) in [4.78, 5) is 35.3. The smallest absolute Gasteiger partial charge is 0.338 e. The first-order chi connectivity index (χ1) is 12.3. The van der Waals surface area contributed by atoms with Gasteiger partial charge in [0.25, 0.3) is 5.91 Å². The quantitative estimate of drug-likeness (QED) is 0.776. The van der Waals surface area contributed by atoms with Gasteiger partial charge >= 0.3 is 11.9 Å². The van der Waals surface area contributed by atoms with Crippen molar-refractivity contribution < 1.29 is 23.9 Å². The van der Waals surface area contributed by atoms with E-state index in [4.69, 9.17) is 27.9 Å². The summed E-state index contributed by atoms with van der Waals surface area (Å²) in [5, 5.41) is 3.11. The van der Waals surface area contributed by atoms with Crippen LogP contribution in [0.1, 0.15) is 26.3 Å². The maximum Gasteiger partial charge on any atom is 0.338 e. The fourth-order valence-corrected chi connectivity index (χ4v) is 2.49. The highest BCUT2D eigenvalue weighted by Crippen LogP contribution is 2.32. The highest BCUT2D eigenvalue weighted by molar-refractivity contribution is 6.40. The number of carbonyl (C=O) groups excluding carboxylic acids is 3. The Labute approximate surface area is 160 Å². The van der Waals surface area contributed by atoms with Gasteiger partial charge in [-0.1, -0.05) is 29.3 Å². The molecule has 0 atom stereocenters. The average Bonchev–Trinajstić information content (AvgIpc) is 2.65. The van der Waals surface area contributed by atoms with Gasteiger partial charge < -0.3 is 14.8 Å². The molecular formula is C18H15Cl2NO5. The predicted molar refractivity (Wildman–Crippen MR) is 97.9 cm³/mol. The second-order valence-corrected chi connectivity index (χ2v) is 6.03. The number of carbonyl (C=O) groups is 3. The number of anilines is 1. The molecule has 0 saturated carbocycles. The van der Waals surface area contributed by atoms with Crippen molar-refractivity contribution >= 4 is 46.7 Å². The number of hydrogen-bond donors (Lipinski definition) is 1. The van der Waals surface area contributed by atoms with Crippen molar-refractivity contribution in [2.45, 2.75) is 6.92 Å². The second-order valence-electron chi connectivity index (χ2n) is 5.25. The summed E-state index contributed by atoms with van der Waals surface area (Å²) in [6, 6.07) is 8.98. The Balaban J connectivity index is 1.96. The van der Waals surface area contributed by atoms with Crippen molar-refractivity contribution in [1.82, 2.24) is 0 Å². The van der Waals surface area contributed by atoms with Crippen LogP contribution in [0.4, 0.5) is 5.69 Å². The van der Waals surface area contributed by atoms with Crippen LogP contribution in [0.5, 0.6) is 0 Å². The SMILES string of the molecule is COC(=O)c1ccc(C(=O)OCC(=O)Nc2c(Cl)ccc(C)c2Cl)cc1. The zero-order valence-corrected chi connectivity index (χ0v) is 15.5. The molecule has 136 valence electrons. The molecule has 0 aliphatic heterocycles. The zero-order valence-electron chi connectivity index (χ0n) is 14.0. The lowest BCUT2D eigenvalue weighted by Gasteiger charge is -2.11. The molecule has 0 bridgehead atoms. The van der Waals surface area contributed by atoms with Crippen molar-refractivity contribution in [2.24, 2.45) is 0 Å². The summed E-state index contributed by atoms with van der Waals surface area (Å²) in [5.74, 6) is -1.81. The molecule has 0 fully saturated rings. The van der Waals surface area contributed by atoms with E-state index in [0.717, 1.165) is 5.56 Å². The van der Waals surface area contributed by atoms with Crippen molar-refractivity contribution in [3.05, 3.63) is 63.1 Å². The molecule has 0 aliphatic carbocycles. The molecule has 2 rings (SSSR count). The first-order valence-electron chi connectivity index (χ1n) is 7.43. The Bertz CT molecular complexity index is 849. The van der Waals surface area contributed by atoms with Gasteiger partial charge in [0, 0.05) is 0 Å². The summed E-state index contributed by atoms with van der Waals surface area (Å²) < 4.78 is 9.52. The fraction of sp³-hybridized carbons (Fsp3) is 0.167. The third-order valence-electron chi connectivity index (χ3n) is 3.42. The summed E-state index contributed by atoms with van der Waals surface area (Å²) >= 11 is 12.1. The van der Waals surface area contributed by atoms with Crippen molar-refractivity contribution in [3.63, 3.8) is 0 Å². The van der Waals surface area contributed by atoms with E-state index in [-0.39, 0.29) is 16.3 Å². The molecule has 26 heavy (non-hydrogen) atoms. The van der Waals surface area contributed by atoms with Crippen LogP contribution in [0.25, 0.3) is 0 Å². The van der Waals surface area contributed by atoms with Crippen LogP contribution >= 0.6 is 23.2 Å². The van der Waals surface area contributed by atoms with Gasteiger partial charge in [0.1, 0.15) is 0 Å². The highest BCUT2D eigenvalue weighted by atomic mass is 35.5. The molecule has 0 heterocycles. The number of benzene rings is 2. The van der Waals surface area contributed by atoms with Gasteiger partial charge in [0.2, 0.25) is 0 Å². The van der Waals surface area contributed by atoms with E-state index in [1.54, 1.807) is 19.1 Å². The summed E-state index contributed by atoms with van der Waals surface area (Å²) in [6.07, 6.45) is 0. The monoisotopic (exact) mass is 395 g/mol. The molecule has 0 saturated heterocycles. The van der Waals surface area contributed by atoms with Gasteiger partial charge in [-0.3, -0.25) is 4.79 Å². The molecule has 0 spiro atoms. The number of rotatable bonds is 5. The van der Waals surface area contributed by atoms with Crippen LogP contribution < -0.4 is 5.32 Å². The molecule has 6 nitrogen and oxygen atoms in total. The van der Waals surface area contributed by atoms with Gasteiger partial charge in [-0.05, 0) is 42.8 Å². The Morgan fingerprint density at radius 1 is 0.962 bits per heavy atom. The lowest BCUT2D eigenvalue weighted by molar-refractivity contribution is -0.119. The maximum absolute atomic E-state index is 12.0. The number of amides is 1. The minimum Gasteiger partial charge on any atom is -0.465 e. The number of hydrogen-bond acceptors (Lipinski definition) is 5. The number of esters is 2. The van der Waals surface area contributed by atoms with Crippen LogP contribution in [0.2, 0.25) is 10.0 Å². The number of methoxy groups -OCH3 is 1. The number of aryl methyl sites for hydroxylation is 1. The lowest BCUT2D eigenvalue weighted by atomic mass is 10.1. The van der Waals surface area contributed by atoms with E-state index >= 15 is 0 Å². The minimum absolute atomic E-state index is 0.192. The third kappa shape index (κ3) is 4.74. The molecule has 2 aromatic rings. The van der Waals surface area contributed by atoms with E-state index in [1.807, 2.05) is 0 Å². The van der Waals surface area contributed by atoms with E-state index in [1.165, 1.54) is 31.4 Å². The first-order valence-corrected chi connectivity index (χ1v) is 8.19. The van der Waals surface area contributed by atoms with Crippen LogP contribution in [0, 0.1) is 6.92 Å². The molecule has 0 aliphatic rings. The van der Waals surface area contributed by atoms with Gasteiger partial charge in [0.15, 0.2) is 6.61 Å². The predicted octanol–water partition coefficient (Wildman–Crippen LogP) is 3.88. The molecule has 0 unspecified atom stereocenters. The van der Waals surface area contributed by atoms with Crippen LogP contribution in [0.15, 0.2) is 36.4 Å². The normalized spacial score (nSPS) is 10.2. The third-order valence-corrected chi connectivity index (χ3v) is 4.23. The van der Waals surface area contributed by atoms with E-state index < -0.39 is 24.5 Å². The topological polar surface area (TPSA) is 81.7 Å². The fourth-order valence-electron chi connectivity index (χ4n) is 2.02. The Morgan fingerprint density at radius 2 is 1.54 bits per heavy atom. The number of halogens is 2. The van der Waals surface area contributed by atoms with E-state index in [0.29, 0.717) is 10.6 Å². The Morgan fingerprint density at radius 3 is 2.12 bits per heavy atom. The van der Waals surface area contributed by atoms with E-state index in [9.17, 15) is 14.4 Å². The largest absolute Gasteiger partial charge is 0.465 e. The van der Waals surface area contributed by atoms with Gasteiger partial charge in [-0.2, -0.15) is 0 Å². The molecule has 2 aromatic carbocycles. The summed E-state index contributed by atoms with van der Waals surface area (Å²) in [5.41, 5.74) is 1.49.